The molecule has 0 radical (unpaired) electrons. The second kappa shape index (κ2) is 6.70. The van der Waals surface area contributed by atoms with E-state index in [4.69, 9.17) is 10.8 Å². The van der Waals surface area contributed by atoms with Gasteiger partial charge >= 0.3 is 5.97 Å². The van der Waals surface area contributed by atoms with Gasteiger partial charge in [0.1, 0.15) is 6.54 Å². The van der Waals surface area contributed by atoms with E-state index < -0.39 is 5.97 Å². The minimum absolute atomic E-state index is 0.0299. The molecule has 0 aromatic carbocycles. The first-order chi connectivity index (χ1) is 8.51. The van der Waals surface area contributed by atoms with Crippen LogP contribution in [0.4, 0.5) is 0 Å². The van der Waals surface area contributed by atoms with Gasteiger partial charge in [-0.1, -0.05) is 5.21 Å². The van der Waals surface area contributed by atoms with Crippen LogP contribution in [0.15, 0.2) is 6.20 Å². The Hall–Kier alpha value is -1.96. The quantitative estimate of drug-likeness (QED) is 0.580. The Labute approximate surface area is 104 Å². The molecule has 18 heavy (non-hydrogen) atoms. The fourth-order valence-corrected chi connectivity index (χ4v) is 1.39. The molecule has 0 aliphatic carbocycles. The van der Waals surface area contributed by atoms with Crippen molar-refractivity contribution in [2.24, 2.45) is 5.73 Å². The number of carboxylic acids is 1. The molecule has 1 aromatic heterocycles. The number of carbonyl (C=O) groups excluding carboxylic acids is 1. The number of nitrogens with one attached hydrogen (secondary N) is 1. The van der Waals surface area contributed by atoms with Crippen molar-refractivity contribution in [3.05, 3.63) is 11.9 Å². The van der Waals surface area contributed by atoms with Gasteiger partial charge in [0.15, 0.2) is 0 Å². The topological polar surface area (TPSA) is 123 Å². The smallest absolute Gasteiger partial charge is 0.303 e. The van der Waals surface area contributed by atoms with Crippen molar-refractivity contribution in [2.75, 3.05) is 0 Å². The normalized spacial score (nSPS) is 12.1. The molecule has 8 heteroatoms. The lowest BCUT2D eigenvalue weighted by Gasteiger charge is -2.12. The predicted octanol–water partition coefficient (Wildman–Crippen LogP) is -0.894. The molecule has 1 atom stereocenters. The van der Waals surface area contributed by atoms with Crippen molar-refractivity contribution >= 4 is 11.9 Å². The number of nitrogens with zero attached hydrogens (tertiary/aromatic N) is 3. The highest BCUT2D eigenvalue weighted by molar-refractivity contribution is 5.76. The van der Waals surface area contributed by atoms with Gasteiger partial charge in [-0.05, 0) is 13.3 Å². The number of hydrogen-bond donors (Lipinski definition) is 3. The van der Waals surface area contributed by atoms with E-state index in [1.165, 1.54) is 4.68 Å². The number of rotatable bonds is 7. The van der Waals surface area contributed by atoms with Gasteiger partial charge < -0.3 is 16.2 Å². The molecule has 0 aliphatic heterocycles. The van der Waals surface area contributed by atoms with Crippen molar-refractivity contribution in [1.82, 2.24) is 20.3 Å². The van der Waals surface area contributed by atoms with Crippen molar-refractivity contribution in [1.29, 1.82) is 0 Å². The molecule has 4 N–H and O–H groups in total. The highest BCUT2D eigenvalue weighted by Crippen LogP contribution is 1.97. The molecule has 1 unspecified atom stereocenters. The fourth-order valence-electron chi connectivity index (χ4n) is 1.39. The lowest BCUT2D eigenvalue weighted by atomic mass is 10.2. The lowest BCUT2D eigenvalue weighted by Crippen LogP contribution is -2.35. The van der Waals surface area contributed by atoms with Crippen molar-refractivity contribution in [3.63, 3.8) is 0 Å². The molecule has 0 spiro atoms. The highest BCUT2D eigenvalue weighted by Gasteiger charge is 2.10. The molecule has 1 amide bonds. The van der Waals surface area contributed by atoms with Crippen LogP contribution < -0.4 is 11.1 Å². The van der Waals surface area contributed by atoms with Crippen LogP contribution in [0, 0.1) is 0 Å². The van der Waals surface area contributed by atoms with Gasteiger partial charge in [-0.3, -0.25) is 9.59 Å². The van der Waals surface area contributed by atoms with Gasteiger partial charge in [-0.15, -0.1) is 5.10 Å². The summed E-state index contributed by atoms with van der Waals surface area (Å²) in [6.07, 6.45) is 2.02. The number of nitrogens with two attached hydrogens (primary N) is 1. The van der Waals surface area contributed by atoms with Gasteiger partial charge in [-0.25, -0.2) is 4.68 Å². The first-order valence-electron chi connectivity index (χ1n) is 5.61. The Balaban J connectivity index is 2.34. The summed E-state index contributed by atoms with van der Waals surface area (Å²) in [6, 6.07) is -0.189. The van der Waals surface area contributed by atoms with E-state index in [1.54, 1.807) is 13.1 Å². The summed E-state index contributed by atoms with van der Waals surface area (Å²) in [5, 5.41) is 18.7. The maximum atomic E-state index is 11.6. The summed E-state index contributed by atoms with van der Waals surface area (Å²) in [4.78, 5) is 22.0. The molecule has 0 aliphatic rings. The third-order valence-electron chi connectivity index (χ3n) is 2.30. The minimum Gasteiger partial charge on any atom is -0.481 e. The summed E-state index contributed by atoms with van der Waals surface area (Å²) in [7, 11) is 0. The SMILES string of the molecule is CC(CCC(=O)O)NC(=O)Cn1cc(CN)nn1. The minimum atomic E-state index is -0.875. The Kier molecular flexibility index (Phi) is 5.25. The van der Waals surface area contributed by atoms with Crippen LogP contribution in [-0.4, -0.2) is 38.0 Å². The van der Waals surface area contributed by atoms with Crippen molar-refractivity contribution < 1.29 is 14.7 Å². The summed E-state index contributed by atoms with van der Waals surface area (Å²) in [6.45, 7) is 2.08. The summed E-state index contributed by atoms with van der Waals surface area (Å²) < 4.78 is 1.39. The van der Waals surface area contributed by atoms with E-state index in [9.17, 15) is 9.59 Å². The van der Waals surface area contributed by atoms with E-state index in [2.05, 4.69) is 15.6 Å². The molecular weight excluding hydrogens is 238 g/mol. The molecule has 1 heterocycles. The van der Waals surface area contributed by atoms with E-state index in [0.29, 0.717) is 12.1 Å². The summed E-state index contributed by atoms with van der Waals surface area (Å²) in [5.41, 5.74) is 5.98. The second-order valence-electron chi connectivity index (χ2n) is 4.01. The zero-order valence-electron chi connectivity index (χ0n) is 10.2. The van der Waals surface area contributed by atoms with Gasteiger partial charge in [0.25, 0.3) is 0 Å². The number of aliphatic carboxylic acids is 1. The van der Waals surface area contributed by atoms with Crippen LogP contribution in [0.5, 0.6) is 0 Å². The molecule has 0 saturated carbocycles. The molecule has 0 fully saturated rings. The van der Waals surface area contributed by atoms with Crippen LogP contribution in [0.25, 0.3) is 0 Å². The van der Waals surface area contributed by atoms with E-state index in [-0.39, 0.29) is 31.5 Å². The molecule has 1 aromatic rings. The van der Waals surface area contributed by atoms with Crippen LogP contribution >= 0.6 is 0 Å². The van der Waals surface area contributed by atoms with Crippen LogP contribution in [-0.2, 0) is 22.7 Å². The second-order valence-corrected chi connectivity index (χ2v) is 4.01. The number of carbonyl (C=O) groups is 2. The van der Waals surface area contributed by atoms with Crippen LogP contribution in [0.3, 0.4) is 0 Å². The van der Waals surface area contributed by atoms with E-state index in [1.807, 2.05) is 0 Å². The first kappa shape index (κ1) is 14.1. The molecule has 1 rings (SSSR count). The zero-order valence-corrected chi connectivity index (χ0v) is 10.2. The number of hydrogen-bond acceptors (Lipinski definition) is 5. The van der Waals surface area contributed by atoms with Gasteiger partial charge in [0, 0.05) is 19.0 Å². The number of amides is 1. The predicted molar refractivity (Wildman–Crippen MR) is 62.4 cm³/mol. The third-order valence-corrected chi connectivity index (χ3v) is 2.30. The monoisotopic (exact) mass is 255 g/mol. The van der Waals surface area contributed by atoms with E-state index in [0.717, 1.165) is 0 Å². The largest absolute Gasteiger partial charge is 0.481 e. The lowest BCUT2D eigenvalue weighted by molar-refractivity contribution is -0.137. The highest BCUT2D eigenvalue weighted by atomic mass is 16.4. The van der Waals surface area contributed by atoms with Crippen LogP contribution in [0.2, 0.25) is 0 Å². The van der Waals surface area contributed by atoms with Gasteiger partial charge in [0.2, 0.25) is 5.91 Å². The fraction of sp³-hybridized carbons (Fsp3) is 0.600. The van der Waals surface area contributed by atoms with Crippen LogP contribution in [0.1, 0.15) is 25.5 Å². The molecular formula is C10H17N5O3. The zero-order chi connectivity index (χ0) is 13.5. The molecule has 0 bridgehead atoms. The van der Waals surface area contributed by atoms with Crippen molar-refractivity contribution in [3.8, 4) is 0 Å². The maximum absolute atomic E-state index is 11.6. The molecule has 0 saturated heterocycles. The standard InChI is InChI=1S/C10H17N5O3/c1-7(2-3-10(17)18)12-9(16)6-15-5-8(4-11)13-14-15/h5,7H,2-4,6,11H2,1H3,(H,12,16)(H,17,18). The average Bonchev–Trinajstić information content (AvgIpc) is 2.73. The Morgan fingerprint density at radius 1 is 1.61 bits per heavy atom. The van der Waals surface area contributed by atoms with Gasteiger partial charge in [-0.2, -0.15) is 0 Å². The Morgan fingerprint density at radius 2 is 2.33 bits per heavy atom. The first-order valence-corrected chi connectivity index (χ1v) is 5.61. The Morgan fingerprint density at radius 3 is 2.89 bits per heavy atom. The molecule has 100 valence electrons. The summed E-state index contributed by atoms with van der Waals surface area (Å²) >= 11 is 0. The number of aromatic nitrogens is 3. The maximum Gasteiger partial charge on any atom is 0.303 e. The Bertz CT molecular complexity index is 417. The summed E-state index contributed by atoms with van der Waals surface area (Å²) in [5.74, 6) is -1.11. The molecule has 8 nitrogen and oxygen atoms in total. The van der Waals surface area contributed by atoms with Gasteiger partial charge in [0.05, 0.1) is 11.9 Å². The number of carboxylic acid groups (broad SMARTS) is 1. The van der Waals surface area contributed by atoms with E-state index >= 15 is 0 Å². The van der Waals surface area contributed by atoms with Crippen molar-refractivity contribution in [2.45, 2.75) is 38.9 Å². The third kappa shape index (κ3) is 4.91. The average molecular weight is 255 g/mol.